The van der Waals surface area contributed by atoms with Crippen LogP contribution in [-0.4, -0.2) is 24.6 Å². The highest BCUT2D eigenvalue weighted by atomic mass is 16.5. The smallest absolute Gasteiger partial charge is 0.312 e. The van der Waals surface area contributed by atoms with Crippen LogP contribution in [0.5, 0.6) is 0 Å². The molecular weight excluding hydrogens is 448 g/mol. The summed E-state index contributed by atoms with van der Waals surface area (Å²) in [5, 5.41) is 0. The summed E-state index contributed by atoms with van der Waals surface area (Å²) in [4.78, 5) is 40.8. The van der Waals surface area contributed by atoms with Gasteiger partial charge in [-0.1, -0.05) is 54.5 Å². The lowest BCUT2D eigenvalue weighted by atomic mass is 9.33. The first-order chi connectivity index (χ1) is 16.5. The molecule has 0 aromatic rings. The third-order valence-electron chi connectivity index (χ3n) is 13.1. The lowest BCUT2D eigenvalue weighted by molar-refractivity contribution is -0.192. The number of ketones is 2. The molecule has 8 atom stereocenters. The highest BCUT2D eigenvalue weighted by Gasteiger charge is 2.71. The molecule has 0 bridgehead atoms. The molecule has 3 fully saturated rings. The highest BCUT2D eigenvalue weighted by Crippen LogP contribution is 2.75. The summed E-state index contributed by atoms with van der Waals surface area (Å²) in [6.07, 6.45) is 10.4. The molecule has 0 saturated heterocycles. The van der Waals surface area contributed by atoms with Crippen LogP contribution in [0.4, 0.5) is 0 Å². The van der Waals surface area contributed by atoms with Crippen molar-refractivity contribution in [2.45, 2.75) is 100 Å². The number of allylic oxidation sites excluding steroid dienone is 4. The van der Waals surface area contributed by atoms with Crippen LogP contribution in [0.3, 0.4) is 0 Å². The van der Waals surface area contributed by atoms with Crippen LogP contribution in [0.15, 0.2) is 23.3 Å². The van der Waals surface area contributed by atoms with Crippen molar-refractivity contribution in [1.82, 2.24) is 0 Å². The topological polar surface area (TPSA) is 60.4 Å². The monoisotopic (exact) mass is 494 g/mol. The molecule has 198 valence electrons. The van der Waals surface area contributed by atoms with Crippen LogP contribution in [0.25, 0.3) is 0 Å². The maximum Gasteiger partial charge on any atom is 0.312 e. The van der Waals surface area contributed by atoms with E-state index in [1.165, 1.54) is 12.7 Å². The van der Waals surface area contributed by atoms with Gasteiger partial charge in [0.05, 0.1) is 12.5 Å². The molecule has 0 aromatic carbocycles. The van der Waals surface area contributed by atoms with Gasteiger partial charge in [0.1, 0.15) is 0 Å². The summed E-state index contributed by atoms with van der Waals surface area (Å²) >= 11 is 0. The number of hydrogen-bond acceptors (Lipinski definition) is 4. The van der Waals surface area contributed by atoms with E-state index >= 15 is 0 Å². The molecule has 0 amide bonds. The Morgan fingerprint density at radius 1 is 0.917 bits per heavy atom. The Labute approximate surface area is 217 Å². The fraction of sp³-hybridized carbons (Fsp3) is 0.781. The van der Waals surface area contributed by atoms with Gasteiger partial charge in [-0.15, -0.1) is 0 Å². The molecule has 0 spiro atoms. The number of fused-ring (bicyclic) bond motifs is 7. The van der Waals surface area contributed by atoms with E-state index in [2.05, 4.69) is 54.5 Å². The van der Waals surface area contributed by atoms with Crippen LogP contribution in [0.1, 0.15) is 100 Å². The van der Waals surface area contributed by atoms with Gasteiger partial charge in [0.15, 0.2) is 11.6 Å². The average molecular weight is 495 g/mol. The number of rotatable bonds is 1. The Bertz CT molecular complexity index is 1110. The van der Waals surface area contributed by atoms with E-state index in [9.17, 15) is 14.4 Å². The van der Waals surface area contributed by atoms with Gasteiger partial charge < -0.3 is 4.74 Å². The van der Waals surface area contributed by atoms with Crippen molar-refractivity contribution in [3.05, 3.63) is 23.3 Å². The predicted molar refractivity (Wildman–Crippen MR) is 141 cm³/mol. The molecule has 3 saturated carbocycles. The number of carbonyl (C=O) groups excluding carboxylic acids is 3. The van der Waals surface area contributed by atoms with Gasteiger partial charge >= 0.3 is 5.97 Å². The summed E-state index contributed by atoms with van der Waals surface area (Å²) in [6.45, 7) is 17.9. The van der Waals surface area contributed by atoms with E-state index < -0.39 is 5.41 Å². The Morgan fingerprint density at radius 2 is 1.53 bits per heavy atom. The number of carbonyl (C=O) groups is 3. The van der Waals surface area contributed by atoms with Gasteiger partial charge in [-0.25, -0.2) is 0 Å². The molecule has 5 rings (SSSR count). The van der Waals surface area contributed by atoms with Crippen molar-refractivity contribution in [3.8, 4) is 0 Å². The molecule has 0 radical (unpaired) electrons. The minimum Gasteiger partial charge on any atom is -0.469 e. The van der Waals surface area contributed by atoms with Crippen molar-refractivity contribution in [2.75, 3.05) is 7.11 Å². The van der Waals surface area contributed by atoms with Crippen molar-refractivity contribution in [2.24, 2.45) is 50.2 Å². The van der Waals surface area contributed by atoms with Crippen LogP contribution in [-0.2, 0) is 19.1 Å². The second-order valence-electron chi connectivity index (χ2n) is 14.8. The maximum absolute atomic E-state index is 14.4. The first kappa shape index (κ1) is 25.9. The van der Waals surface area contributed by atoms with Crippen LogP contribution in [0, 0.1) is 50.2 Å². The Kier molecular flexibility index (Phi) is 5.36. The lowest BCUT2D eigenvalue weighted by Gasteiger charge is -2.70. The largest absolute Gasteiger partial charge is 0.469 e. The highest BCUT2D eigenvalue weighted by molar-refractivity contribution is 6.00. The summed E-state index contributed by atoms with van der Waals surface area (Å²) in [7, 11) is 1.51. The molecule has 4 nitrogen and oxygen atoms in total. The number of hydrogen-bond donors (Lipinski definition) is 0. The molecule has 0 aliphatic heterocycles. The van der Waals surface area contributed by atoms with E-state index in [4.69, 9.17) is 4.74 Å². The SMILES string of the molecule is COC(=O)C12CCC(C)(C)CC1C1C(=O)C=C3C4(C)C=C(C)C(=O)C(C)C4(C)CCC3(C)C1(C)CC2. The summed E-state index contributed by atoms with van der Waals surface area (Å²) in [5.41, 5.74) is 0.644. The van der Waals surface area contributed by atoms with Crippen LogP contribution < -0.4 is 0 Å². The maximum atomic E-state index is 14.4. The van der Waals surface area contributed by atoms with E-state index in [0.29, 0.717) is 0 Å². The van der Waals surface area contributed by atoms with Crippen molar-refractivity contribution >= 4 is 17.5 Å². The minimum atomic E-state index is -0.554. The van der Waals surface area contributed by atoms with Gasteiger partial charge in [0.25, 0.3) is 0 Å². The Balaban J connectivity index is 1.71. The average Bonchev–Trinajstić information content (AvgIpc) is 2.81. The van der Waals surface area contributed by atoms with Crippen molar-refractivity contribution < 1.29 is 19.1 Å². The molecule has 5 aliphatic rings. The Morgan fingerprint density at radius 3 is 2.17 bits per heavy atom. The summed E-state index contributed by atoms with van der Waals surface area (Å²) in [5.74, 6) is 0.0754. The minimum absolute atomic E-state index is 0.000160. The van der Waals surface area contributed by atoms with Gasteiger partial charge in [-0.05, 0) is 96.7 Å². The fourth-order valence-corrected chi connectivity index (χ4v) is 10.1. The summed E-state index contributed by atoms with van der Waals surface area (Å²) in [6, 6.07) is 0. The summed E-state index contributed by atoms with van der Waals surface area (Å²) < 4.78 is 5.43. The van der Waals surface area contributed by atoms with Gasteiger partial charge in [0, 0.05) is 17.3 Å². The third kappa shape index (κ3) is 2.85. The first-order valence-corrected chi connectivity index (χ1v) is 14.1. The zero-order valence-electron chi connectivity index (χ0n) is 24.0. The third-order valence-corrected chi connectivity index (χ3v) is 13.1. The molecule has 0 N–H and O–H groups in total. The number of ether oxygens (including phenoxy) is 1. The molecule has 5 aliphatic carbocycles. The molecule has 0 aromatic heterocycles. The standard InChI is InChI=1S/C32H46O4/c1-19-17-31(8)23-16-22(33)24-21-18-27(3,4)10-14-32(21,26(35)36-9)15-13-30(24,7)29(23,6)12-11-28(31,5)20(2)25(19)34/h16-17,20-21,24H,10-15,18H2,1-9H3. The van der Waals surface area contributed by atoms with Gasteiger partial charge in [-0.3, -0.25) is 14.4 Å². The van der Waals surface area contributed by atoms with Crippen molar-refractivity contribution in [1.29, 1.82) is 0 Å². The molecule has 8 unspecified atom stereocenters. The van der Waals surface area contributed by atoms with Crippen LogP contribution in [0.2, 0.25) is 0 Å². The normalized spacial score (nSPS) is 49.5. The van der Waals surface area contributed by atoms with E-state index in [0.717, 1.165) is 50.5 Å². The zero-order valence-corrected chi connectivity index (χ0v) is 24.0. The number of methoxy groups -OCH3 is 1. The van der Waals surface area contributed by atoms with Crippen molar-refractivity contribution in [3.63, 3.8) is 0 Å². The van der Waals surface area contributed by atoms with E-state index in [-0.39, 0.29) is 62.4 Å². The molecule has 0 heterocycles. The number of Topliss-reactive ketones (excluding diaryl/α,β-unsaturated/α-hetero) is 1. The first-order valence-electron chi connectivity index (χ1n) is 14.1. The molecular formula is C32H46O4. The quantitative estimate of drug-likeness (QED) is 0.373. The Hall–Kier alpha value is -1.71. The number of esters is 1. The van der Waals surface area contributed by atoms with Crippen LogP contribution >= 0.6 is 0 Å². The molecule has 36 heavy (non-hydrogen) atoms. The van der Waals surface area contributed by atoms with E-state index in [1.54, 1.807) is 0 Å². The second-order valence-corrected chi connectivity index (χ2v) is 14.8. The van der Waals surface area contributed by atoms with Gasteiger partial charge in [-0.2, -0.15) is 0 Å². The lowest BCUT2D eigenvalue weighted by Crippen LogP contribution is -2.66. The zero-order chi connectivity index (χ0) is 26.7. The van der Waals surface area contributed by atoms with Gasteiger partial charge in [0.2, 0.25) is 0 Å². The fourth-order valence-electron chi connectivity index (χ4n) is 10.1. The van der Waals surface area contributed by atoms with E-state index in [1.807, 2.05) is 13.0 Å². The molecule has 4 heteroatoms. The predicted octanol–water partition coefficient (Wildman–Crippen LogP) is 6.88. The second kappa shape index (κ2) is 7.44.